The summed E-state index contributed by atoms with van der Waals surface area (Å²) >= 11 is 0. The number of aryl methyl sites for hydroxylation is 1. The van der Waals surface area contributed by atoms with E-state index < -0.39 is 5.56 Å². The molecule has 0 spiro atoms. The average molecular weight is 456 g/mol. The summed E-state index contributed by atoms with van der Waals surface area (Å²) in [6.07, 6.45) is 2.04. The number of carbonyl (C=O) groups excluding carboxylic acids is 1. The molecule has 0 radical (unpaired) electrons. The number of ether oxygens (including phenoxy) is 1. The summed E-state index contributed by atoms with van der Waals surface area (Å²) in [7, 11) is 1.56. The van der Waals surface area contributed by atoms with Crippen LogP contribution in [0.4, 0.5) is 0 Å². The molecule has 1 heterocycles. The van der Waals surface area contributed by atoms with E-state index >= 15 is 0 Å². The Balaban J connectivity index is 1.49. The third-order valence-corrected chi connectivity index (χ3v) is 5.42. The molecule has 0 bridgehead atoms. The van der Waals surface area contributed by atoms with Gasteiger partial charge in [0.1, 0.15) is 17.2 Å². The minimum atomic E-state index is -0.468. The second kappa shape index (κ2) is 10.0. The van der Waals surface area contributed by atoms with Crippen molar-refractivity contribution in [2.75, 3.05) is 13.7 Å². The first kappa shape index (κ1) is 22.8. The molecule has 0 unspecified atom stereocenters. The summed E-state index contributed by atoms with van der Waals surface area (Å²) in [5.74, 6) is 0.342. The van der Waals surface area contributed by atoms with Gasteiger partial charge in [0.05, 0.1) is 18.1 Å². The van der Waals surface area contributed by atoms with Crippen LogP contribution in [0.2, 0.25) is 0 Å². The number of aliphatic hydroxyl groups excluding tert-OH is 1. The molecule has 0 fully saturated rings. The van der Waals surface area contributed by atoms with E-state index in [9.17, 15) is 14.7 Å². The van der Waals surface area contributed by atoms with E-state index in [2.05, 4.69) is 21.4 Å². The number of H-pyrrole nitrogens is 1. The van der Waals surface area contributed by atoms with E-state index in [-0.39, 0.29) is 17.4 Å². The second-order valence-corrected chi connectivity index (χ2v) is 7.94. The topological polar surface area (TPSA) is 104 Å². The van der Waals surface area contributed by atoms with Gasteiger partial charge in [-0.15, -0.1) is 0 Å². The molecule has 0 aliphatic carbocycles. The fraction of sp³-hybridized carbons (Fsp3) is 0.148. The maximum Gasteiger partial charge on any atom is 0.274 e. The van der Waals surface area contributed by atoms with Crippen LogP contribution in [0, 0.1) is 6.92 Å². The molecule has 34 heavy (non-hydrogen) atoms. The molecule has 3 N–H and O–H groups in total. The van der Waals surface area contributed by atoms with Crippen LogP contribution in [-0.4, -0.2) is 34.6 Å². The van der Waals surface area contributed by atoms with E-state index in [0.29, 0.717) is 34.5 Å². The molecule has 7 heteroatoms. The summed E-state index contributed by atoms with van der Waals surface area (Å²) in [5, 5.41) is 13.3. The van der Waals surface area contributed by atoms with Crippen LogP contribution < -0.4 is 15.6 Å². The Morgan fingerprint density at radius 1 is 1.09 bits per heavy atom. The lowest BCUT2D eigenvalue weighted by atomic mass is 10.1. The van der Waals surface area contributed by atoms with Crippen molar-refractivity contribution in [1.82, 2.24) is 15.3 Å². The second-order valence-electron chi connectivity index (χ2n) is 7.94. The van der Waals surface area contributed by atoms with Crippen molar-refractivity contribution in [3.8, 4) is 5.75 Å². The molecule has 4 aromatic rings. The lowest BCUT2D eigenvalue weighted by Crippen LogP contribution is -2.25. The molecule has 0 aliphatic heterocycles. The Morgan fingerprint density at radius 3 is 2.59 bits per heavy atom. The van der Waals surface area contributed by atoms with Crippen LogP contribution in [0.5, 0.6) is 5.75 Å². The zero-order valence-electron chi connectivity index (χ0n) is 19.0. The van der Waals surface area contributed by atoms with Crippen molar-refractivity contribution < 1.29 is 14.6 Å². The minimum Gasteiger partial charge on any atom is -0.507 e. The van der Waals surface area contributed by atoms with Crippen LogP contribution in [0.25, 0.3) is 22.9 Å². The van der Waals surface area contributed by atoms with E-state index in [1.807, 2.05) is 25.1 Å². The Hall–Kier alpha value is -4.39. The monoisotopic (exact) mass is 455 g/mol. The molecule has 172 valence electrons. The number of rotatable bonds is 7. The van der Waals surface area contributed by atoms with Crippen LogP contribution in [0.15, 0.2) is 71.5 Å². The van der Waals surface area contributed by atoms with Gasteiger partial charge in [0.15, 0.2) is 0 Å². The first-order valence-electron chi connectivity index (χ1n) is 10.9. The van der Waals surface area contributed by atoms with Gasteiger partial charge >= 0.3 is 0 Å². The number of aromatic nitrogens is 2. The van der Waals surface area contributed by atoms with Gasteiger partial charge in [0, 0.05) is 23.7 Å². The molecular formula is C27H25N3O4. The lowest BCUT2D eigenvalue weighted by Gasteiger charge is -2.07. The molecule has 0 saturated carbocycles. The van der Waals surface area contributed by atoms with E-state index in [4.69, 9.17) is 4.74 Å². The predicted molar refractivity (Wildman–Crippen MR) is 133 cm³/mol. The van der Waals surface area contributed by atoms with Crippen LogP contribution in [-0.2, 0) is 6.42 Å². The summed E-state index contributed by atoms with van der Waals surface area (Å²) < 4.78 is 5.11. The van der Waals surface area contributed by atoms with Crippen molar-refractivity contribution in [2.24, 2.45) is 0 Å². The predicted octanol–water partition coefficient (Wildman–Crippen LogP) is 4.27. The molecule has 0 atom stereocenters. The van der Waals surface area contributed by atoms with Gasteiger partial charge in [-0.25, -0.2) is 4.98 Å². The molecule has 7 nitrogen and oxygen atoms in total. The van der Waals surface area contributed by atoms with Gasteiger partial charge in [-0.1, -0.05) is 29.8 Å². The van der Waals surface area contributed by atoms with Crippen molar-refractivity contribution in [1.29, 1.82) is 0 Å². The highest BCUT2D eigenvalue weighted by Gasteiger charge is 2.10. The third kappa shape index (κ3) is 5.32. The van der Waals surface area contributed by atoms with Gasteiger partial charge < -0.3 is 20.1 Å². The zero-order chi connectivity index (χ0) is 24.1. The molecule has 1 amide bonds. The summed E-state index contributed by atoms with van der Waals surface area (Å²) in [4.78, 5) is 32.2. The number of fused-ring (bicyclic) bond motifs is 1. The molecule has 0 saturated heterocycles. The molecule has 4 rings (SSSR count). The van der Waals surface area contributed by atoms with Gasteiger partial charge in [0.2, 0.25) is 0 Å². The number of hydrogen-bond acceptors (Lipinski definition) is 5. The molecule has 0 aliphatic rings. The maximum atomic E-state index is 12.6. The number of aliphatic hydroxyl groups is 1. The number of nitrogens with zero attached hydrogens (tertiary/aromatic N) is 1. The third-order valence-electron chi connectivity index (χ3n) is 5.42. The Kier molecular flexibility index (Phi) is 6.73. The Bertz CT molecular complexity index is 1420. The van der Waals surface area contributed by atoms with E-state index in [1.165, 1.54) is 11.6 Å². The van der Waals surface area contributed by atoms with Crippen LogP contribution in [0.3, 0.4) is 0 Å². The number of nitrogens with one attached hydrogen (secondary N) is 2. The highest BCUT2D eigenvalue weighted by molar-refractivity contribution is 5.97. The summed E-state index contributed by atoms with van der Waals surface area (Å²) in [6, 6.07) is 19.9. The summed E-state index contributed by atoms with van der Waals surface area (Å²) in [5.41, 5.74) is 3.84. The van der Waals surface area contributed by atoms with Gasteiger partial charge in [-0.2, -0.15) is 0 Å². The maximum absolute atomic E-state index is 12.6. The fourth-order valence-electron chi connectivity index (χ4n) is 3.60. The highest BCUT2D eigenvalue weighted by Crippen LogP contribution is 2.19. The quantitative estimate of drug-likeness (QED) is 0.361. The molecule has 3 aromatic carbocycles. The summed E-state index contributed by atoms with van der Waals surface area (Å²) in [6.45, 7) is 2.54. The van der Waals surface area contributed by atoms with Crippen LogP contribution >= 0.6 is 0 Å². The Labute approximate surface area is 196 Å². The van der Waals surface area contributed by atoms with Crippen molar-refractivity contribution >= 4 is 28.8 Å². The SMILES string of the molecule is COc1ccc(/C(O)=C/c2nc3ccc(C(=O)NCCc4cccc(C)c4)cc3[nH]c2=O)cc1. The number of aromatic amines is 1. The number of methoxy groups -OCH3 is 1. The highest BCUT2D eigenvalue weighted by atomic mass is 16.5. The first-order chi connectivity index (χ1) is 16.4. The number of amides is 1. The smallest absolute Gasteiger partial charge is 0.274 e. The molecule has 1 aromatic heterocycles. The number of benzene rings is 3. The van der Waals surface area contributed by atoms with Crippen molar-refractivity contribution in [3.63, 3.8) is 0 Å². The first-order valence-corrected chi connectivity index (χ1v) is 10.9. The normalized spacial score (nSPS) is 11.4. The minimum absolute atomic E-state index is 0.0659. The Morgan fingerprint density at radius 2 is 1.85 bits per heavy atom. The molecular weight excluding hydrogens is 430 g/mol. The van der Waals surface area contributed by atoms with E-state index in [0.717, 1.165) is 12.0 Å². The lowest BCUT2D eigenvalue weighted by molar-refractivity contribution is 0.0954. The van der Waals surface area contributed by atoms with E-state index in [1.54, 1.807) is 49.6 Å². The average Bonchev–Trinajstić information content (AvgIpc) is 2.84. The van der Waals surface area contributed by atoms with Gasteiger partial charge in [0.25, 0.3) is 11.5 Å². The largest absolute Gasteiger partial charge is 0.507 e. The van der Waals surface area contributed by atoms with Crippen molar-refractivity contribution in [3.05, 3.63) is 105 Å². The van der Waals surface area contributed by atoms with Gasteiger partial charge in [-0.3, -0.25) is 9.59 Å². The number of hydrogen-bond donors (Lipinski definition) is 3. The van der Waals surface area contributed by atoms with Crippen LogP contribution in [0.1, 0.15) is 32.7 Å². The number of carbonyl (C=O) groups is 1. The fourth-order valence-corrected chi connectivity index (χ4v) is 3.60. The zero-order valence-corrected chi connectivity index (χ0v) is 19.0. The van der Waals surface area contributed by atoms with Crippen molar-refractivity contribution in [2.45, 2.75) is 13.3 Å². The van der Waals surface area contributed by atoms with Gasteiger partial charge in [-0.05, 0) is 61.4 Å². The standard InChI is InChI=1S/C27H25N3O4/c1-17-4-3-5-18(14-17)12-13-28-26(32)20-8-11-22-23(15-20)30-27(33)24(29-22)16-25(31)19-6-9-21(34-2)10-7-19/h3-11,14-16,31H,12-13H2,1-2H3,(H,28,32)(H,30,33)/b25-16-.